The van der Waals surface area contributed by atoms with E-state index in [-0.39, 0.29) is 27.9 Å². The third kappa shape index (κ3) is 5.54. The molecule has 3 rings (SSSR count). The largest absolute Gasteiger partial charge is 0.493 e. The number of amides is 3. The van der Waals surface area contributed by atoms with Crippen LogP contribution in [-0.4, -0.2) is 31.4 Å². The quantitative estimate of drug-likeness (QED) is 0.451. The van der Waals surface area contributed by atoms with Gasteiger partial charge in [-0.1, -0.05) is 23.7 Å². The van der Waals surface area contributed by atoms with E-state index in [9.17, 15) is 18.8 Å². The lowest BCUT2D eigenvalue weighted by molar-refractivity contribution is -0.119. The standard InChI is InChI=1S/C21H17ClFN3O5S/c1-30-15-9-12(8-14(22)19(15)31-10-18(24)27)20(28)25-26-21(29)17-7-6-16(32-17)11-2-4-13(23)5-3-11/h2-9H,10H2,1H3,(H2,24,27)(H,25,28)(H,26,29). The van der Waals surface area contributed by atoms with E-state index in [0.29, 0.717) is 4.88 Å². The summed E-state index contributed by atoms with van der Waals surface area (Å²) in [4.78, 5) is 36.9. The first-order chi connectivity index (χ1) is 15.3. The van der Waals surface area contributed by atoms with Crippen LogP contribution in [0, 0.1) is 5.82 Å². The number of primary amides is 1. The van der Waals surface area contributed by atoms with Gasteiger partial charge in [-0.25, -0.2) is 4.39 Å². The maximum atomic E-state index is 13.1. The third-order valence-corrected chi connectivity index (χ3v) is 5.51. The number of hydrazine groups is 1. The lowest BCUT2D eigenvalue weighted by Gasteiger charge is -2.13. The Balaban J connectivity index is 1.66. The van der Waals surface area contributed by atoms with Gasteiger partial charge in [-0.15, -0.1) is 11.3 Å². The maximum absolute atomic E-state index is 13.1. The van der Waals surface area contributed by atoms with Gasteiger partial charge in [0.05, 0.1) is 17.0 Å². The molecule has 0 unspecified atom stereocenters. The van der Waals surface area contributed by atoms with Gasteiger partial charge in [-0.2, -0.15) is 0 Å². The zero-order valence-corrected chi connectivity index (χ0v) is 18.2. The number of benzene rings is 2. The average molecular weight is 478 g/mol. The predicted octanol–water partition coefficient (Wildman–Crippen LogP) is 3.16. The molecule has 0 saturated heterocycles. The Morgan fingerprint density at radius 2 is 1.75 bits per heavy atom. The molecule has 0 bridgehead atoms. The molecule has 8 nitrogen and oxygen atoms in total. The molecular formula is C21H17ClFN3O5S. The summed E-state index contributed by atoms with van der Waals surface area (Å²) in [5.41, 5.74) is 10.5. The third-order valence-electron chi connectivity index (χ3n) is 4.10. The topological polar surface area (TPSA) is 120 Å². The molecule has 0 fully saturated rings. The van der Waals surface area contributed by atoms with Crippen molar-refractivity contribution in [3.63, 3.8) is 0 Å². The van der Waals surface area contributed by atoms with E-state index in [1.54, 1.807) is 24.3 Å². The summed E-state index contributed by atoms with van der Waals surface area (Å²) in [7, 11) is 1.34. The van der Waals surface area contributed by atoms with Crippen molar-refractivity contribution in [2.24, 2.45) is 5.73 Å². The molecule has 0 aliphatic rings. The minimum absolute atomic E-state index is 0.0178. The highest BCUT2D eigenvalue weighted by Crippen LogP contribution is 2.36. The summed E-state index contributed by atoms with van der Waals surface area (Å²) in [6, 6.07) is 11.8. The fourth-order valence-electron chi connectivity index (χ4n) is 2.61. The normalized spacial score (nSPS) is 10.3. The van der Waals surface area contributed by atoms with E-state index in [1.165, 1.54) is 42.7 Å². The van der Waals surface area contributed by atoms with Crippen molar-refractivity contribution in [1.82, 2.24) is 10.9 Å². The first kappa shape index (κ1) is 23.0. The first-order valence-corrected chi connectivity index (χ1v) is 10.2. The van der Waals surface area contributed by atoms with E-state index in [0.717, 1.165) is 10.4 Å². The molecule has 2 aromatic carbocycles. The molecule has 0 saturated carbocycles. The Kier molecular flexibility index (Phi) is 7.29. The summed E-state index contributed by atoms with van der Waals surface area (Å²) in [5.74, 6) is -2.08. The van der Waals surface area contributed by atoms with Crippen LogP contribution in [0.4, 0.5) is 4.39 Å². The van der Waals surface area contributed by atoms with Crippen molar-refractivity contribution >= 4 is 40.7 Å². The highest BCUT2D eigenvalue weighted by Gasteiger charge is 2.18. The molecule has 0 atom stereocenters. The van der Waals surface area contributed by atoms with Crippen LogP contribution < -0.4 is 26.1 Å². The first-order valence-electron chi connectivity index (χ1n) is 9.03. The number of thiophene rings is 1. The monoisotopic (exact) mass is 477 g/mol. The van der Waals surface area contributed by atoms with Gasteiger partial charge in [0.1, 0.15) is 5.82 Å². The van der Waals surface area contributed by atoms with Crippen LogP contribution in [0.2, 0.25) is 5.02 Å². The van der Waals surface area contributed by atoms with Crippen LogP contribution in [0.15, 0.2) is 48.5 Å². The molecule has 0 aliphatic carbocycles. The number of rotatable bonds is 7. The fraction of sp³-hybridized carbons (Fsp3) is 0.0952. The number of carbonyl (C=O) groups excluding carboxylic acids is 3. The molecule has 1 aromatic heterocycles. The Bertz CT molecular complexity index is 1170. The highest BCUT2D eigenvalue weighted by atomic mass is 35.5. The molecule has 0 spiro atoms. The second kappa shape index (κ2) is 10.1. The van der Waals surface area contributed by atoms with E-state index >= 15 is 0 Å². The number of ether oxygens (including phenoxy) is 2. The second-order valence-corrected chi connectivity index (χ2v) is 7.81. The van der Waals surface area contributed by atoms with E-state index in [4.69, 9.17) is 26.8 Å². The number of carbonyl (C=O) groups is 3. The Labute approximate surface area is 191 Å². The average Bonchev–Trinajstić information content (AvgIpc) is 3.26. The zero-order valence-electron chi connectivity index (χ0n) is 16.6. The van der Waals surface area contributed by atoms with Crippen molar-refractivity contribution in [2.45, 2.75) is 0 Å². The summed E-state index contributed by atoms with van der Waals surface area (Å²) >= 11 is 7.31. The van der Waals surface area contributed by atoms with Gasteiger partial charge >= 0.3 is 0 Å². The minimum Gasteiger partial charge on any atom is -0.493 e. The van der Waals surface area contributed by atoms with Crippen LogP contribution in [0.1, 0.15) is 20.0 Å². The van der Waals surface area contributed by atoms with Gasteiger partial charge in [0.15, 0.2) is 18.1 Å². The highest BCUT2D eigenvalue weighted by molar-refractivity contribution is 7.17. The molecule has 4 N–H and O–H groups in total. The zero-order chi connectivity index (χ0) is 23.3. The second-order valence-electron chi connectivity index (χ2n) is 6.32. The molecule has 32 heavy (non-hydrogen) atoms. The Morgan fingerprint density at radius 3 is 2.41 bits per heavy atom. The van der Waals surface area contributed by atoms with Gasteiger partial charge in [-0.3, -0.25) is 25.2 Å². The van der Waals surface area contributed by atoms with Crippen molar-refractivity contribution in [3.8, 4) is 21.9 Å². The van der Waals surface area contributed by atoms with Crippen LogP contribution in [-0.2, 0) is 4.79 Å². The fourth-order valence-corrected chi connectivity index (χ4v) is 3.78. The van der Waals surface area contributed by atoms with Crippen LogP contribution in [0.5, 0.6) is 11.5 Å². The van der Waals surface area contributed by atoms with Gasteiger partial charge in [-0.05, 0) is 42.0 Å². The Hall–Kier alpha value is -3.63. The summed E-state index contributed by atoms with van der Waals surface area (Å²) in [6.45, 7) is -0.418. The molecule has 11 heteroatoms. The Morgan fingerprint density at radius 1 is 1.06 bits per heavy atom. The number of nitrogens with two attached hydrogens (primary N) is 1. The lowest BCUT2D eigenvalue weighted by atomic mass is 10.2. The van der Waals surface area contributed by atoms with Crippen LogP contribution in [0.25, 0.3) is 10.4 Å². The van der Waals surface area contributed by atoms with Crippen LogP contribution >= 0.6 is 22.9 Å². The molecule has 3 aromatic rings. The molecule has 3 amide bonds. The van der Waals surface area contributed by atoms with E-state index in [1.807, 2.05) is 0 Å². The SMILES string of the molecule is COc1cc(C(=O)NNC(=O)c2ccc(-c3ccc(F)cc3)s2)cc(Cl)c1OCC(N)=O. The summed E-state index contributed by atoms with van der Waals surface area (Å²) < 4.78 is 23.4. The molecular weight excluding hydrogens is 461 g/mol. The van der Waals surface area contributed by atoms with Crippen LogP contribution in [0.3, 0.4) is 0 Å². The molecule has 0 aliphatic heterocycles. The van der Waals surface area contributed by atoms with Crippen molar-refractivity contribution in [1.29, 1.82) is 0 Å². The molecule has 166 valence electrons. The van der Waals surface area contributed by atoms with Gasteiger partial charge in [0.25, 0.3) is 17.7 Å². The van der Waals surface area contributed by atoms with Gasteiger partial charge in [0, 0.05) is 10.4 Å². The van der Waals surface area contributed by atoms with Crippen molar-refractivity contribution in [2.75, 3.05) is 13.7 Å². The number of hydrogen-bond acceptors (Lipinski definition) is 6. The van der Waals surface area contributed by atoms with Gasteiger partial charge in [0.2, 0.25) is 0 Å². The predicted molar refractivity (Wildman–Crippen MR) is 117 cm³/mol. The van der Waals surface area contributed by atoms with E-state index < -0.39 is 24.3 Å². The molecule has 0 radical (unpaired) electrons. The molecule has 1 heterocycles. The van der Waals surface area contributed by atoms with Gasteiger partial charge < -0.3 is 15.2 Å². The van der Waals surface area contributed by atoms with E-state index in [2.05, 4.69) is 10.9 Å². The van der Waals surface area contributed by atoms with Crippen molar-refractivity contribution < 1.29 is 28.2 Å². The summed E-state index contributed by atoms with van der Waals surface area (Å²) in [5, 5.41) is 0.0178. The number of hydrogen-bond donors (Lipinski definition) is 3. The minimum atomic E-state index is -0.705. The number of nitrogens with one attached hydrogen (secondary N) is 2. The number of methoxy groups -OCH3 is 1. The summed E-state index contributed by atoms with van der Waals surface area (Å²) in [6.07, 6.45) is 0. The lowest BCUT2D eigenvalue weighted by Crippen LogP contribution is -2.41. The maximum Gasteiger partial charge on any atom is 0.279 e. The van der Waals surface area contributed by atoms with Crippen molar-refractivity contribution in [3.05, 3.63) is 69.8 Å². The number of halogens is 2. The smallest absolute Gasteiger partial charge is 0.279 e.